The molecule has 0 bridgehead atoms. The minimum absolute atomic E-state index is 0.0180. The first kappa shape index (κ1) is 18.4. The van der Waals surface area contributed by atoms with E-state index < -0.39 is 17.5 Å². The van der Waals surface area contributed by atoms with Gasteiger partial charge in [0.25, 0.3) is 5.91 Å². The highest BCUT2D eigenvalue weighted by Crippen LogP contribution is 2.34. The van der Waals surface area contributed by atoms with Gasteiger partial charge in [0.2, 0.25) is 0 Å². The average molecular weight is 394 g/mol. The van der Waals surface area contributed by atoms with Gasteiger partial charge in [-0.05, 0) is 19.1 Å². The number of nitrogens with one attached hydrogen (secondary N) is 1. The van der Waals surface area contributed by atoms with Gasteiger partial charge < -0.3 is 5.73 Å². The molecule has 0 atom stereocenters. The Morgan fingerprint density at radius 2 is 1.92 bits per heavy atom. The van der Waals surface area contributed by atoms with Crippen LogP contribution >= 0.6 is 34.8 Å². The lowest BCUT2D eigenvalue weighted by Gasteiger charge is -2.08. The van der Waals surface area contributed by atoms with E-state index >= 15 is 0 Å². The van der Waals surface area contributed by atoms with Crippen molar-refractivity contribution in [2.45, 2.75) is 6.92 Å². The summed E-state index contributed by atoms with van der Waals surface area (Å²) in [7, 11) is 0. The van der Waals surface area contributed by atoms with Gasteiger partial charge in [-0.1, -0.05) is 34.8 Å². The molecule has 2 rings (SSSR count). The number of aromatic nitrogens is 1. The Labute approximate surface area is 150 Å². The highest BCUT2D eigenvalue weighted by atomic mass is 35.5. The lowest BCUT2D eigenvalue weighted by Crippen LogP contribution is -2.22. The highest BCUT2D eigenvalue weighted by molar-refractivity contribution is 6.46. The minimum Gasteiger partial charge on any atom is -0.396 e. The molecule has 1 amide bonds. The molecule has 1 heterocycles. The molecule has 24 heavy (non-hydrogen) atoms. The van der Waals surface area contributed by atoms with Crippen molar-refractivity contribution in [1.82, 2.24) is 10.4 Å². The first-order valence-corrected chi connectivity index (χ1v) is 7.45. The van der Waals surface area contributed by atoms with Crippen LogP contribution in [0.4, 0.5) is 14.5 Å². The molecule has 0 saturated carbocycles. The summed E-state index contributed by atoms with van der Waals surface area (Å²) in [5.41, 5.74) is 7.48. The van der Waals surface area contributed by atoms with Crippen LogP contribution in [-0.4, -0.2) is 16.6 Å². The van der Waals surface area contributed by atoms with Crippen molar-refractivity contribution < 1.29 is 13.6 Å². The topological polar surface area (TPSA) is 80.4 Å². The SMILES string of the molecule is C/C(=N/NC(=O)c1nc(Cl)c(Cl)c(N)c1Cl)c1ccc(F)cc1F. The zero-order valence-corrected chi connectivity index (χ0v) is 14.3. The van der Waals surface area contributed by atoms with Crippen LogP contribution in [0, 0.1) is 11.6 Å². The number of amides is 1. The van der Waals surface area contributed by atoms with E-state index in [1.807, 2.05) is 0 Å². The summed E-state index contributed by atoms with van der Waals surface area (Å²) in [4.78, 5) is 15.8. The van der Waals surface area contributed by atoms with Gasteiger partial charge in [-0.2, -0.15) is 5.10 Å². The summed E-state index contributed by atoms with van der Waals surface area (Å²) in [6, 6.07) is 2.96. The molecule has 0 aliphatic carbocycles. The molecule has 0 aliphatic rings. The number of benzene rings is 1. The van der Waals surface area contributed by atoms with Gasteiger partial charge in [0, 0.05) is 11.6 Å². The molecule has 0 fully saturated rings. The smallest absolute Gasteiger partial charge is 0.291 e. The Morgan fingerprint density at radius 3 is 2.54 bits per heavy atom. The fourth-order valence-corrected chi connectivity index (χ4v) is 2.31. The number of anilines is 1. The summed E-state index contributed by atoms with van der Waals surface area (Å²) < 4.78 is 26.5. The fourth-order valence-electron chi connectivity index (χ4n) is 1.71. The van der Waals surface area contributed by atoms with Crippen LogP contribution in [0.25, 0.3) is 0 Å². The molecule has 10 heteroatoms. The highest BCUT2D eigenvalue weighted by Gasteiger charge is 2.19. The van der Waals surface area contributed by atoms with Crippen molar-refractivity contribution in [3.8, 4) is 0 Å². The third kappa shape index (κ3) is 3.75. The van der Waals surface area contributed by atoms with Crippen LogP contribution in [0.15, 0.2) is 23.3 Å². The largest absolute Gasteiger partial charge is 0.396 e. The lowest BCUT2D eigenvalue weighted by atomic mass is 10.1. The van der Waals surface area contributed by atoms with Gasteiger partial charge >= 0.3 is 0 Å². The van der Waals surface area contributed by atoms with E-state index in [2.05, 4.69) is 15.5 Å². The maximum Gasteiger partial charge on any atom is 0.291 e. The Balaban J connectivity index is 2.27. The fraction of sp³-hybridized carbons (Fsp3) is 0.0714. The third-order valence-corrected chi connectivity index (χ3v) is 4.07. The molecule has 5 nitrogen and oxygen atoms in total. The van der Waals surface area contributed by atoms with Gasteiger partial charge in [-0.25, -0.2) is 19.2 Å². The molecule has 126 valence electrons. The Hall–Kier alpha value is -1.96. The van der Waals surface area contributed by atoms with E-state index in [0.717, 1.165) is 6.07 Å². The number of nitrogens with zero attached hydrogens (tertiary/aromatic N) is 2. The van der Waals surface area contributed by atoms with Crippen LogP contribution < -0.4 is 11.2 Å². The lowest BCUT2D eigenvalue weighted by molar-refractivity contribution is 0.0950. The van der Waals surface area contributed by atoms with Crippen molar-refractivity contribution in [3.05, 3.63) is 56.3 Å². The summed E-state index contributed by atoms with van der Waals surface area (Å²) in [5, 5.41) is 3.25. The molecular formula is C14H9Cl3F2N4O. The molecule has 3 N–H and O–H groups in total. The van der Waals surface area contributed by atoms with E-state index in [4.69, 9.17) is 40.5 Å². The summed E-state index contributed by atoms with van der Waals surface area (Å²) >= 11 is 17.4. The van der Waals surface area contributed by atoms with E-state index in [1.165, 1.54) is 13.0 Å². The van der Waals surface area contributed by atoms with Crippen molar-refractivity contribution in [2.24, 2.45) is 5.10 Å². The summed E-state index contributed by atoms with van der Waals surface area (Å²) in [6.07, 6.45) is 0. The number of carbonyl (C=O) groups excluding carboxylic acids is 1. The maximum atomic E-state index is 13.6. The van der Waals surface area contributed by atoms with Crippen LogP contribution in [-0.2, 0) is 0 Å². The molecule has 1 aromatic heterocycles. The van der Waals surface area contributed by atoms with E-state index in [0.29, 0.717) is 6.07 Å². The predicted octanol–water partition coefficient (Wildman–Crippen LogP) is 4.06. The summed E-state index contributed by atoms with van der Waals surface area (Å²) in [6.45, 7) is 1.43. The number of nitrogen functional groups attached to an aromatic ring is 1. The number of carbonyl (C=O) groups is 1. The van der Waals surface area contributed by atoms with Crippen molar-refractivity contribution in [2.75, 3.05) is 5.73 Å². The number of hydrogen-bond donors (Lipinski definition) is 2. The molecule has 0 radical (unpaired) electrons. The van der Waals surface area contributed by atoms with Crippen LogP contribution in [0.3, 0.4) is 0 Å². The van der Waals surface area contributed by atoms with Gasteiger partial charge in [-0.15, -0.1) is 0 Å². The number of hydrogen-bond acceptors (Lipinski definition) is 4. The van der Waals surface area contributed by atoms with E-state index in [9.17, 15) is 13.6 Å². The number of rotatable bonds is 3. The quantitative estimate of drug-likeness (QED) is 0.469. The maximum absolute atomic E-state index is 13.6. The standard InChI is InChI=1S/C14H9Cl3F2N4O/c1-5(7-3-2-6(18)4-8(7)19)22-23-14(24)12-9(15)11(20)10(16)13(17)21-12/h2-4H,1H3,(H2,20,21)(H,23,24)/b22-5-. The summed E-state index contributed by atoms with van der Waals surface area (Å²) in [5.74, 6) is -2.37. The number of halogens is 5. The molecular weight excluding hydrogens is 385 g/mol. The number of pyridine rings is 1. The van der Waals surface area contributed by atoms with Gasteiger partial charge in [0.1, 0.15) is 16.7 Å². The monoisotopic (exact) mass is 392 g/mol. The van der Waals surface area contributed by atoms with Crippen LogP contribution in [0.1, 0.15) is 23.0 Å². The Bertz CT molecular complexity index is 858. The predicted molar refractivity (Wildman–Crippen MR) is 89.7 cm³/mol. The second-order valence-corrected chi connectivity index (χ2v) is 5.67. The minimum atomic E-state index is -0.827. The van der Waals surface area contributed by atoms with Crippen LogP contribution in [0.2, 0.25) is 15.2 Å². The molecule has 0 aliphatic heterocycles. The molecule has 0 saturated heterocycles. The normalized spacial score (nSPS) is 11.5. The third-order valence-electron chi connectivity index (χ3n) is 2.93. The zero-order chi connectivity index (χ0) is 18.0. The first-order chi connectivity index (χ1) is 11.2. The molecule has 2 aromatic rings. The van der Waals surface area contributed by atoms with E-state index in [1.54, 1.807) is 0 Å². The Morgan fingerprint density at radius 1 is 1.25 bits per heavy atom. The van der Waals surface area contributed by atoms with Crippen molar-refractivity contribution in [3.63, 3.8) is 0 Å². The Kier molecular flexibility index (Phi) is 5.58. The van der Waals surface area contributed by atoms with Crippen molar-refractivity contribution >= 4 is 52.1 Å². The first-order valence-electron chi connectivity index (χ1n) is 6.32. The van der Waals surface area contributed by atoms with Crippen molar-refractivity contribution in [1.29, 1.82) is 0 Å². The van der Waals surface area contributed by atoms with Gasteiger partial charge in [-0.3, -0.25) is 4.79 Å². The average Bonchev–Trinajstić information content (AvgIpc) is 2.53. The molecule has 0 unspecified atom stereocenters. The van der Waals surface area contributed by atoms with Gasteiger partial charge in [0.05, 0.1) is 16.4 Å². The second kappa shape index (κ2) is 7.29. The van der Waals surface area contributed by atoms with Gasteiger partial charge in [0.15, 0.2) is 10.8 Å². The number of hydrazone groups is 1. The zero-order valence-electron chi connectivity index (χ0n) is 12.0. The number of nitrogens with two attached hydrogens (primary N) is 1. The molecule has 1 aromatic carbocycles. The molecule has 0 spiro atoms. The van der Waals surface area contributed by atoms with Crippen LogP contribution in [0.5, 0.6) is 0 Å². The second-order valence-electron chi connectivity index (χ2n) is 4.56. The van der Waals surface area contributed by atoms with E-state index in [-0.39, 0.29) is 37.9 Å².